The molecule has 0 aliphatic carbocycles. The Morgan fingerprint density at radius 3 is 2.40 bits per heavy atom. The standard InChI is InChI=1S/C17H26BrNO/c1-7-13(3)19(16(20)11-17(4,5)6)14-8-9-15(18)12(2)10-14/h8-10,13H,7,11H2,1-6H3. The second-order valence-corrected chi connectivity index (χ2v) is 7.55. The summed E-state index contributed by atoms with van der Waals surface area (Å²) in [4.78, 5) is 14.6. The molecule has 1 amide bonds. The minimum Gasteiger partial charge on any atom is -0.310 e. The molecule has 20 heavy (non-hydrogen) atoms. The van der Waals surface area contributed by atoms with Gasteiger partial charge in [-0.15, -0.1) is 0 Å². The first kappa shape index (κ1) is 17.2. The van der Waals surface area contributed by atoms with Crippen molar-refractivity contribution in [2.24, 2.45) is 5.41 Å². The Morgan fingerprint density at radius 2 is 1.95 bits per heavy atom. The number of benzene rings is 1. The fraction of sp³-hybridized carbons (Fsp3) is 0.588. The zero-order valence-corrected chi connectivity index (χ0v) is 15.0. The Bertz CT molecular complexity index is 476. The fourth-order valence-electron chi connectivity index (χ4n) is 2.14. The van der Waals surface area contributed by atoms with Crippen LogP contribution in [0.3, 0.4) is 0 Å². The lowest BCUT2D eigenvalue weighted by atomic mass is 9.91. The predicted octanol–water partition coefficient (Wildman–Crippen LogP) is 5.33. The number of nitrogens with zero attached hydrogens (tertiary/aromatic N) is 1. The number of aryl methyl sites for hydroxylation is 1. The van der Waals surface area contributed by atoms with Gasteiger partial charge in [0.25, 0.3) is 0 Å². The van der Waals surface area contributed by atoms with Gasteiger partial charge >= 0.3 is 0 Å². The molecular formula is C17H26BrNO. The first-order valence-electron chi connectivity index (χ1n) is 7.24. The molecule has 0 aromatic heterocycles. The van der Waals surface area contributed by atoms with E-state index in [2.05, 4.69) is 63.5 Å². The molecule has 112 valence electrons. The third-order valence-electron chi connectivity index (χ3n) is 3.40. The van der Waals surface area contributed by atoms with Crippen molar-refractivity contribution in [2.45, 2.75) is 60.4 Å². The topological polar surface area (TPSA) is 20.3 Å². The zero-order chi connectivity index (χ0) is 15.5. The summed E-state index contributed by atoms with van der Waals surface area (Å²) in [6.45, 7) is 12.6. The van der Waals surface area contributed by atoms with Crippen molar-refractivity contribution in [2.75, 3.05) is 4.90 Å². The van der Waals surface area contributed by atoms with Gasteiger partial charge < -0.3 is 4.90 Å². The summed E-state index contributed by atoms with van der Waals surface area (Å²) in [5.74, 6) is 0.202. The second kappa shape index (κ2) is 6.75. The van der Waals surface area contributed by atoms with Crippen molar-refractivity contribution in [3.63, 3.8) is 0 Å². The number of carbonyl (C=O) groups is 1. The Hall–Kier alpha value is -0.830. The van der Waals surface area contributed by atoms with Crippen LogP contribution in [0.25, 0.3) is 0 Å². The van der Waals surface area contributed by atoms with Gasteiger partial charge in [0.2, 0.25) is 5.91 Å². The molecule has 1 rings (SSSR count). The van der Waals surface area contributed by atoms with Gasteiger partial charge in [-0.25, -0.2) is 0 Å². The molecule has 1 aromatic rings. The Labute approximate surface area is 131 Å². The van der Waals surface area contributed by atoms with Crippen LogP contribution in [0.2, 0.25) is 0 Å². The lowest BCUT2D eigenvalue weighted by Crippen LogP contribution is -2.40. The van der Waals surface area contributed by atoms with Gasteiger partial charge in [0.1, 0.15) is 0 Å². The molecule has 0 bridgehead atoms. The number of halogens is 1. The summed E-state index contributed by atoms with van der Waals surface area (Å²) in [7, 11) is 0. The highest BCUT2D eigenvalue weighted by Crippen LogP contribution is 2.28. The Kier molecular flexibility index (Phi) is 5.81. The van der Waals surface area contributed by atoms with E-state index in [1.54, 1.807) is 0 Å². The summed E-state index contributed by atoms with van der Waals surface area (Å²) < 4.78 is 1.08. The molecule has 1 unspecified atom stereocenters. The molecule has 1 atom stereocenters. The van der Waals surface area contributed by atoms with Gasteiger partial charge in [-0.2, -0.15) is 0 Å². The molecule has 0 N–H and O–H groups in total. The first-order chi connectivity index (χ1) is 9.15. The number of hydrogen-bond donors (Lipinski definition) is 0. The van der Waals surface area contributed by atoms with Crippen LogP contribution in [0, 0.1) is 12.3 Å². The normalized spacial score (nSPS) is 13.2. The highest BCUT2D eigenvalue weighted by Gasteiger charge is 2.25. The zero-order valence-electron chi connectivity index (χ0n) is 13.5. The van der Waals surface area contributed by atoms with Crippen molar-refractivity contribution in [3.05, 3.63) is 28.2 Å². The second-order valence-electron chi connectivity index (χ2n) is 6.69. The van der Waals surface area contributed by atoms with Crippen LogP contribution in [0.4, 0.5) is 5.69 Å². The van der Waals surface area contributed by atoms with Crippen molar-refractivity contribution in [3.8, 4) is 0 Å². The molecule has 0 saturated heterocycles. The Morgan fingerprint density at radius 1 is 1.35 bits per heavy atom. The minimum atomic E-state index is 0.00715. The van der Waals surface area contributed by atoms with Crippen LogP contribution in [0.1, 0.15) is 53.0 Å². The predicted molar refractivity (Wildman–Crippen MR) is 90.2 cm³/mol. The molecule has 2 nitrogen and oxygen atoms in total. The number of carbonyl (C=O) groups excluding carboxylic acids is 1. The summed E-state index contributed by atoms with van der Waals surface area (Å²) >= 11 is 3.52. The van der Waals surface area contributed by atoms with E-state index in [9.17, 15) is 4.79 Å². The third-order valence-corrected chi connectivity index (χ3v) is 4.29. The van der Waals surface area contributed by atoms with Gasteiger partial charge in [0.15, 0.2) is 0 Å². The third kappa shape index (κ3) is 4.62. The molecule has 0 radical (unpaired) electrons. The van der Waals surface area contributed by atoms with Gasteiger partial charge in [0.05, 0.1) is 0 Å². The average molecular weight is 340 g/mol. The number of hydrogen-bond acceptors (Lipinski definition) is 1. The van der Waals surface area contributed by atoms with Gasteiger partial charge in [-0.05, 0) is 49.4 Å². The molecule has 0 aliphatic heterocycles. The highest BCUT2D eigenvalue weighted by atomic mass is 79.9. The quantitative estimate of drug-likeness (QED) is 0.726. The largest absolute Gasteiger partial charge is 0.310 e. The fourth-order valence-corrected chi connectivity index (χ4v) is 2.39. The maximum Gasteiger partial charge on any atom is 0.227 e. The van der Waals surface area contributed by atoms with E-state index in [0.717, 1.165) is 22.1 Å². The summed E-state index contributed by atoms with van der Waals surface area (Å²) in [6, 6.07) is 6.33. The number of amides is 1. The summed E-state index contributed by atoms with van der Waals surface area (Å²) in [5.41, 5.74) is 2.15. The van der Waals surface area contributed by atoms with Crippen LogP contribution < -0.4 is 4.90 Å². The van der Waals surface area contributed by atoms with Gasteiger partial charge in [-0.3, -0.25) is 4.79 Å². The SMILES string of the molecule is CCC(C)N(C(=O)CC(C)(C)C)c1ccc(Br)c(C)c1. The monoisotopic (exact) mass is 339 g/mol. The lowest BCUT2D eigenvalue weighted by molar-refractivity contribution is -0.120. The van der Waals surface area contributed by atoms with E-state index >= 15 is 0 Å². The molecule has 0 saturated carbocycles. The first-order valence-corrected chi connectivity index (χ1v) is 8.03. The number of anilines is 1. The van der Waals surface area contributed by atoms with Crippen LogP contribution in [0.5, 0.6) is 0 Å². The van der Waals surface area contributed by atoms with Crippen molar-refractivity contribution in [1.82, 2.24) is 0 Å². The maximum absolute atomic E-state index is 12.7. The minimum absolute atomic E-state index is 0.00715. The van der Waals surface area contributed by atoms with Crippen molar-refractivity contribution in [1.29, 1.82) is 0 Å². The van der Waals surface area contributed by atoms with E-state index in [-0.39, 0.29) is 17.4 Å². The number of rotatable bonds is 4. The molecule has 0 fully saturated rings. The van der Waals surface area contributed by atoms with Crippen LogP contribution in [0.15, 0.2) is 22.7 Å². The molecular weight excluding hydrogens is 314 g/mol. The van der Waals surface area contributed by atoms with Crippen molar-refractivity contribution >= 4 is 27.5 Å². The smallest absolute Gasteiger partial charge is 0.227 e. The van der Waals surface area contributed by atoms with Crippen molar-refractivity contribution < 1.29 is 4.79 Å². The summed E-state index contributed by atoms with van der Waals surface area (Å²) in [6.07, 6.45) is 1.51. The van der Waals surface area contributed by atoms with E-state index in [1.807, 2.05) is 17.0 Å². The molecule has 0 spiro atoms. The van der Waals surface area contributed by atoms with E-state index in [4.69, 9.17) is 0 Å². The lowest BCUT2D eigenvalue weighted by Gasteiger charge is -2.31. The molecule has 1 aromatic carbocycles. The van der Waals surface area contributed by atoms with Crippen LogP contribution in [-0.4, -0.2) is 11.9 Å². The molecule has 0 aliphatic rings. The average Bonchev–Trinajstić information content (AvgIpc) is 2.31. The molecule has 3 heteroatoms. The van der Waals surface area contributed by atoms with E-state index in [1.165, 1.54) is 0 Å². The van der Waals surface area contributed by atoms with Gasteiger partial charge in [0, 0.05) is 22.6 Å². The Balaban J connectivity index is 3.12. The van der Waals surface area contributed by atoms with Gasteiger partial charge in [-0.1, -0.05) is 43.6 Å². The van der Waals surface area contributed by atoms with E-state index in [0.29, 0.717) is 6.42 Å². The summed E-state index contributed by atoms with van der Waals surface area (Å²) in [5, 5.41) is 0. The maximum atomic E-state index is 12.7. The van der Waals surface area contributed by atoms with Crippen LogP contribution in [-0.2, 0) is 4.79 Å². The molecule has 0 heterocycles. The van der Waals surface area contributed by atoms with E-state index < -0.39 is 0 Å². The highest BCUT2D eigenvalue weighted by molar-refractivity contribution is 9.10. The van der Waals surface area contributed by atoms with Crippen LogP contribution >= 0.6 is 15.9 Å².